The molecule has 1 aromatic rings. The summed E-state index contributed by atoms with van der Waals surface area (Å²) in [7, 11) is 0. The highest BCUT2D eigenvalue weighted by atomic mass is 16.5. The number of piperidine rings is 1. The molecule has 1 saturated heterocycles. The van der Waals surface area contributed by atoms with Crippen molar-refractivity contribution in [2.24, 2.45) is 4.99 Å². The molecule has 0 aliphatic carbocycles. The minimum absolute atomic E-state index is 0.159. The van der Waals surface area contributed by atoms with Gasteiger partial charge in [-0.25, -0.2) is 4.99 Å². The third-order valence-electron chi connectivity index (χ3n) is 4.29. The topological polar surface area (TPSA) is 71.2 Å². The van der Waals surface area contributed by atoms with Gasteiger partial charge in [-0.2, -0.15) is 0 Å². The highest BCUT2D eigenvalue weighted by Gasteiger charge is 2.26. The summed E-state index contributed by atoms with van der Waals surface area (Å²) in [5.41, 5.74) is 6.39. The van der Waals surface area contributed by atoms with Crippen molar-refractivity contribution in [1.82, 2.24) is 9.80 Å². The van der Waals surface area contributed by atoms with E-state index in [0.717, 1.165) is 31.7 Å². The van der Waals surface area contributed by atoms with Crippen LogP contribution in [0, 0.1) is 0 Å². The largest absolute Gasteiger partial charge is 0.441 e. The Morgan fingerprint density at radius 2 is 1.96 bits per heavy atom. The summed E-state index contributed by atoms with van der Waals surface area (Å²) < 4.78 is 5.83. The summed E-state index contributed by atoms with van der Waals surface area (Å²) >= 11 is 0. The third-order valence-corrected chi connectivity index (χ3v) is 4.29. The summed E-state index contributed by atoms with van der Waals surface area (Å²) in [6, 6.07) is 7.72. The molecule has 2 aliphatic rings. The fourth-order valence-corrected chi connectivity index (χ4v) is 2.95. The number of rotatable bonds is 2. The molecule has 122 valence electrons. The highest BCUT2D eigenvalue weighted by molar-refractivity contribution is 5.82. The molecule has 6 heteroatoms. The number of anilines is 1. The van der Waals surface area contributed by atoms with E-state index in [-0.39, 0.29) is 5.91 Å². The number of nitrogens with zero attached hydrogens (tertiary/aromatic N) is 3. The lowest BCUT2D eigenvalue weighted by atomic mass is 10.0. The number of carbonyl (C=O) groups excluding carboxylic acids is 1. The van der Waals surface area contributed by atoms with Crippen molar-refractivity contribution in [3.05, 3.63) is 36.7 Å². The second-order valence-electron chi connectivity index (χ2n) is 5.90. The predicted molar refractivity (Wildman–Crippen MR) is 90.0 cm³/mol. The van der Waals surface area contributed by atoms with Gasteiger partial charge >= 0.3 is 0 Å². The van der Waals surface area contributed by atoms with Crippen molar-refractivity contribution in [2.75, 3.05) is 25.4 Å². The summed E-state index contributed by atoms with van der Waals surface area (Å²) in [6.07, 6.45) is 5.72. The van der Waals surface area contributed by atoms with Crippen molar-refractivity contribution in [1.29, 1.82) is 0 Å². The molecule has 0 unspecified atom stereocenters. The maximum atomic E-state index is 11.4. The summed E-state index contributed by atoms with van der Waals surface area (Å²) in [5, 5.41) is 0. The molecule has 0 radical (unpaired) electrons. The van der Waals surface area contributed by atoms with Crippen LogP contribution >= 0.6 is 0 Å². The van der Waals surface area contributed by atoms with Gasteiger partial charge in [0.1, 0.15) is 5.75 Å². The Hall–Kier alpha value is -2.50. The summed E-state index contributed by atoms with van der Waals surface area (Å²) in [5.74, 6) is 1.57. The SMILES string of the molecule is CC(=O)N1CCC(N2C=CN=C(Oc3ccc(N)cc3)C2)CC1. The summed E-state index contributed by atoms with van der Waals surface area (Å²) in [4.78, 5) is 19.9. The number of nitrogen functional groups attached to an aromatic ring is 1. The molecule has 3 rings (SSSR count). The molecule has 0 atom stereocenters. The number of likely N-dealkylation sites (tertiary alicyclic amines) is 1. The molecule has 2 heterocycles. The van der Waals surface area contributed by atoms with Gasteiger partial charge in [0.05, 0.1) is 6.54 Å². The molecule has 6 nitrogen and oxygen atoms in total. The van der Waals surface area contributed by atoms with Gasteiger partial charge in [-0.1, -0.05) is 0 Å². The maximum Gasteiger partial charge on any atom is 0.219 e. The lowest BCUT2D eigenvalue weighted by molar-refractivity contribution is -0.130. The van der Waals surface area contributed by atoms with Crippen LogP contribution in [0.1, 0.15) is 19.8 Å². The Labute approximate surface area is 136 Å². The van der Waals surface area contributed by atoms with Gasteiger partial charge in [-0.05, 0) is 37.1 Å². The first-order valence-corrected chi connectivity index (χ1v) is 7.90. The van der Waals surface area contributed by atoms with Gasteiger partial charge in [0.15, 0.2) is 0 Å². The normalized spacial score (nSPS) is 18.7. The molecule has 2 N–H and O–H groups in total. The molecule has 1 fully saturated rings. The number of benzene rings is 1. The molecule has 0 spiro atoms. The predicted octanol–water partition coefficient (Wildman–Crippen LogP) is 1.84. The van der Waals surface area contributed by atoms with Crippen LogP contribution in [0.3, 0.4) is 0 Å². The lowest BCUT2D eigenvalue weighted by Crippen LogP contribution is -2.46. The maximum absolute atomic E-state index is 11.4. The van der Waals surface area contributed by atoms with E-state index in [0.29, 0.717) is 24.2 Å². The van der Waals surface area contributed by atoms with Crippen LogP contribution in [0.25, 0.3) is 0 Å². The Bertz CT molecular complexity index is 616. The van der Waals surface area contributed by atoms with E-state index >= 15 is 0 Å². The molecule has 2 aliphatic heterocycles. The Kier molecular flexibility index (Phi) is 4.50. The number of aliphatic imine (C=N–C) groups is 1. The van der Waals surface area contributed by atoms with Crippen molar-refractivity contribution >= 4 is 17.5 Å². The van der Waals surface area contributed by atoms with Crippen LogP contribution in [0.5, 0.6) is 5.75 Å². The van der Waals surface area contributed by atoms with Gasteiger partial charge in [0.25, 0.3) is 0 Å². The zero-order chi connectivity index (χ0) is 16.2. The molecule has 0 saturated carbocycles. The van der Waals surface area contributed by atoms with E-state index in [9.17, 15) is 4.79 Å². The van der Waals surface area contributed by atoms with E-state index in [1.165, 1.54) is 0 Å². The fraction of sp³-hybridized carbons (Fsp3) is 0.412. The van der Waals surface area contributed by atoms with E-state index < -0.39 is 0 Å². The van der Waals surface area contributed by atoms with E-state index in [4.69, 9.17) is 10.5 Å². The van der Waals surface area contributed by atoms with E-state index in [1.807, 2.05) is 35.4 Å². The quantitative estimate of drug-likeness (QED) is 0.846. The average Bonchev–Trinajstić information content (AvgIpc) is 2.57. The smallest absolute Gasteiger partial charge is 0.219 e. The standard InChI is InChI=1S/C17H22N4O2/c1-13(22)20-9-6-15(7-10-20)21-11-8-19-17(12-21)23-16-4-2-14(18)3-5-16/h2-5,8,11,15H,6-7,9-10,12,18H2,1H3. The third kappa shape index (κ3) is 3.83. The van der Waals surface area contributed by atoms with Crippen molar-refractivity contribution < 1.29 is 9.53 Å². The van der Waals surface area contributed by atoms with Crippen molar-refractivity contribution in [3.8, 4) is 5.75 Å². The number of amides is 1. The van der Waals surface area contributed by atoms with Crippen LogP contribution in [0.15, 0.2) is 41.7 Å². The molecule has 1 aromatic carbocycles. The van der Waals surface area contributed by atoms with Crippen LogP contribution in [-0.4, -0.2) is 47.3 Å². The number of nitrogens with two attached hydrogens (primary N) is 1. The van der Waals surface area contributed by atoms with Gasteiger partial charge in [0.2, 0.25) is 11.8 Å². The first kappa shape index (κ1) is 15.4. The fourth-order valence-electron chi connectivity index (χ4n) is 2.95. The first-order chi connectivity index (χ1) is 11.1. The Morgan fingerprint density at radius 1 is 1.26 bits per heavy atom. The zero-order valence-corrected chi connectivity index (χ0v) is 13.3. The number of carbonyl (C=O) groups is 1. The number of hydrogen-bond donors (Lipinski definition) is 1. The number of hydrogen-bond acceptors (Lipinski definition) is 5. The second-order valence-corrected chi connectivity index (χ2v) is 5.90. The van der Waals surface area contributed by atoms with Crippen LogP contribution in [0.2, 0.25) is 0 Å². The molecular formula is C17H22N4O2. The molecule has 0 bridgehead atoms. The summed E-state index contributed by atoms with van der Waals surface area (Å²) in [6.45, 7) is 3.91. The second kappa shape index (κ2) is 6.73. The van der Waals surface area contributed by atoms with Gasteiger partial charge in [-0.3, -0.25) is 4.79 Å². The van der Waals surface area contributed by atoms with Crippen molar-refractivity contribution in [3.63, 3.8) is 0 Å². The average molecular weight is 314 g/mol. The van der Waals surface area contributed by atoms with Gasteiger partial charge in [0, 0.05) is 44.1 Å². The number of ether oxygens (including phenoxy) is 1. The molecular weight excluding hydrogens is 292 g/mol. The first-order valence-electron chi connectivity index (χ1n) is 7.90. The molecule has 0 aromatic heterocycles. The minimum atomic E-state index is 0.159. The van der Waals surface area contributed by atoms with E-state index in [1.54, 1.807) is 13.1 Å². The van der Waals surface area contributed by atoms with Crippen LogP contribution < -0.4 is 10.5 Å². The minimum Gasteiger partial charge on any atom is -0.441 e. The highest BCUT2D eigenvalue weighted by Crippen LogP contribution is 2.20. The zero-order valence-electron chi connectivity index (χ0n) is 13.3. The monoisotopic (exact) mass is 314 g/mol. The van der Waals surface area contributed by atoms with Crippen LogP contribution in [-0.2, 0) is 4.79 Å². The molecule has 1 amide bonds. The molecule has 23 heavy (non-hydrogen) atoms. The Morgan fingerprint density at radius 3 is 2.61 bits per heavy atom. The van der Waals surface area contributed by atoms with Crippen LogP contribution in [0.4, 0.5) is 5.69 Å². The van der Waals surface area contributed by atoms with Gasteiger partial charge in [-0.15, -0.1) is 0 Å². The van der Waals surface area contributed by atoms with E-state index in [2.05, 4.69) is 9.89 Å². The van der Waals surface area contributed by atoms with Crippen molar-refractivity contribution in [2.45, 2.75) is 25.8 Å². The van der Waals surface area contributed by atoms with Gasteiger partial charge < -0.3 is 20.3 Å². The lowest BCUT2D eigenvalue weighted by Gasteiger charge is -2.38. The Balaban J connectivity index is 1.56.